The van der Waals surface area contributed by atoms with Crippen LogP contribution in [0.15, 0.2) is 24.3 Å². The molecule has 4 rings (SSSR count). The minimum Gasteiger partial charge on any atom is -0.396 e. The van der Waals surface area contributed by atoms with Gasteiger partial charge in [0.15, 0.2) is 0 Å². The van der Waals surface area contributed by atoms with Gasteiger partial charge in [0.25, 0.3) is 0 Å². The summed E-state index contributed by atoms with van der Waals surface area (Å²) in [5.41, 5.74) is 4.07. The molecule has 1 saturated heterocycles. The summed E-state index contributed by atoms with van der Waals surface area (Å²) in [6.45, 7) is 4.10. The Kier molecular flexibility index (Phi) is 3.92. The van der Waals surface area contributed by atoms with Crippen molar-refractivity contribution in [3.63, 3.8) is 0 Å². The first-order valence-corrected chi connectivity index (χ1v) is 8.81. The highest BCUT2D eigenvalue weighted by Crippen LogP contribution is 2.44. The number of piperidine rings is 1. The first-order chi connectivity index (χ1) is 11.2. The van der Waals surface area contributed by atoms with Gasteiger partial charge in [-0.25, -0.2) is 0 Å². The summed E-state index contributed by atoms with van der Waals surface area (Å²) in [7, 11) is 0. The summed E-state index contributed by atoms with van der Waals surface area (Å²) < 4.78 is 0. The number of aromatic amines is 1. The van der Waals surface area contributed by atoms with Crippen molar-refractivity contribution in [1.82, 2.24) is 9.88 Å². The zero-order chi connectivity index (χ0) is 16.0. The molecule has 2 aliphatic heterocycles. The van der Waals surface area contributed by atoms with E-state index in [9.17, 15) is 10.2 Å². The van der Waals surface area contributed by atoms with Gasteiger partial charge in [0.2, 0.25) is 0 Å². The van der Waals surface area contributed by atoms with Crippen LogP contribution in [0.3, 0.4) is 0 Å². The second kappa shape index (κ2) is 5.93. The lowest BCUT2D eigenvalue weighted by Gasteiger charge is -2.47. The Morgan fingerprint density at radius 1 is 1.35 bits per heavy atom. The summed E-state index contributed by atoms with van der Waals surface area (Å²) in [6.07, 6.45) is 2.58. The molecule has 4 heteroatoms. The average Bonchev–Trinajstić information content (AvgIpc) is 2.93. The van der Waals surface area contributed by atoms with E-state index in [4.69, 9.17) is 0 Å². The molecule has 0 unspecified atom stereocenters. The molecule has 2 aromatic rings. The molecule has 124 valence electrons. The topological polar surface area (TPSA) is 59.5 Å². The molecule has 4 atom stereocenters. The predicted molar refractivity (Wildman–Crippen MR) is 91.3 cm³/mol. The van der Waals surface area contributed by atoms with Crippen LogP contribution in [-0.4, -0.2) is 45.9 Å². The van der Waals surface area contributed by atoms with E-state index in [0.717, 1.165) is 32.4 Å². The second-order valence-corrected chi connectivity index (χ2v) is 7.24. The Balaban J connectivity index is 1.70. The third-order valence-corrected chi connectivity index (χ3v) is 5.97. The zero-order valence-electron chi connectivity index (χ0n) is 13.7. The lowest BCUT2D eigenvalue weighted by atomic mass is 9.75. The molecule has 1 aromatic heterocycles. The molecule has 0 spiro atoms. The van der Waals surface area contributed by atoms with Gasteiger partial charge in [-0.15, -0.1) is 0 Å². The minimum atomic E-state index is -0.309. The number of hydrogen-bond donors (Lipinski definition) is 3. The van der Waals surface area contributed by atoms with Crippen molar-refractivity contribution in [2.75, 3.05) is 19.7 Å². The van der Waals surface area contributed by atoms with Crippen molar-refractivity contribution in [2.24, 2.45) is 11.8 Å². The first kappa shape index (κ1) is 15.2. The third kappa shape index (κ3) is 2.49. The van der Waals surface area contributed by atoms with Crippen molar-refractivity contribution >= 4 is 10.9 Å². The van der Waals surface area contributed by atoms with Gasteiger partial charge in [0.1, 0.15) is 0 Å². The van der Waals surface area contributed by atoms with E-state index in [1.807, 2.05) is 6.92 Å². The fourth-order valence-electron chi connectivity index (χ4n) is 4.78. The fourth-order valence-corrected chi connectivity index (χ4v) is 4.78. The molecule has 1 aromatic carbocycles. The van der Waals surface area contributed by atoms with Crippen LogP contribution in [0.2, 0.25) is 0 Å². The highest BCUT2D eigenvalue weighted by atomic mass is 16.3. The summed E-state index contributed by atoms with van der Waals surface area (Å²) >= 11 is 0. The molecule has 3 N–H and O–H groups in total. The summed E-state index contributed by atoms with van der Waals surface area (Å²) in [5, 5.41) is 20.9. The van der Waals surface area contributed by atoms with Crippen LogP contribution in [0.5, 0.6) is 0 Å². The summed E-state index contributed by atoms with van der Waals surface area (Å²) in [6, 6.07) is 8.97. The maximum absolute atomic E-state index is 10.2. The Labute approximate surface area is 137 Å². The maximum atomic E-state index is 10.2. The Bertz CT molecular complexity index is 694. The Morgan fingerprint density at radius 2 is 2.17 bits per heavy atom. The number of H-pyrrole nitrogens is 1. The quantitative estimate of drug-likeness (QED) is 0.816. The van der Waals surface area contributed by atoms with Crippen molar-refractivity contribution in [1.29, 1.82) is 0 Å². The molecule has 0 radical (unpaired) electrons. The molecule has 3 heterocycles. The molecular weight excluding hydrogens is 288 g/mol. The number of nitrogens with zero attached hydrogens (tertiary/aromatic N) is 1. The number of para-hydroxylation sites is 1. The largest absolute Gasteiger partial charge is 0.396 e. The van der Waals surface area contributed by atoms with E-state index in [1.165, 1.54) is 22.2 Å². The highest BCUT2D eigenvalue weighted by molar-refractivity contribution is 5.85. The van der Waals surface area contributed by atoms with Crippen molar-refractivity contribution in [3.8, 4) is 0 Å². The van der Waals surface area contributed by atoms with Gasteiger partial charge in [0.05, 0.1) is 12.1 Å². The fraction of sp³-hybridized carbons (Fsp3) is 0.579. The van der Waals surface area contributed by atoms with Gasteiger partial charge in [-0.05, 0) is 43.7 Å². The van der Waals surface area contributed by atoms with Crippen molar-refractivity contribution < 1.29 is 10.2 Å². The SMILES string of the molecule is C[C@H](O)[C@H]1CN2CCc3c([nH]c4ccccc34)[C@@H]2C[C@@H]1CCO. The standard InChI is InChI=1S/C19H26N2O2/c1-12(23)16-11-21-8-6-15-14-4-2-3-5-17(14)20-19(15)18(21)10-13(16)7-9-22/h2-5,12-13,16,18,20,22-23H,6-11H2,1H3/t12-,13-,16+,18-/m0/s1. The van der Waals surface area contributed by atoms with Gasteiger partial charge in [-0.2, -0.15) is 0 Å². The number of benzene rings is 1. The van der Waals surface area contributed by atoms with Crippen LogP contribution in [0.4, 0.5) is 0 Å². The number of aliphatic hydroxyl groups is 2. The van der Waals surface area contributed by atoms with Crippen LogP contribution < -0.4 is 0 Å². The highest BCUT2D eigenvalue weighted by Gasteiger charge is 2.41. The third-order valence-electron chi connectivity index (χ3n) is 5.97. The van der Waals surface area contributed by atoms with Crippen LogP contribution in [0.25, 0.3) is 10.9 Å². The molecule has 0 amide bonds. The van der Waals surface area contributed by atoms with Crippen LogP contribution in [-0.2, 0) is 6.42 Å². The molecule has 0 aliphatic carbocycles. The smallest absolute Gasteiger partial charge is 0.0555 e. The van der Waals surface area contributed by atoms with Crippen LogP contribution in [0, 0.1) is 11.8 Å². The monoisotopic (exact) mass is 314 g/mol. The lowest BCUT2D eigenvalue weighted by molar-refractivity contribution is -0.0175. The maximum Gasteiger partial charge on any atom is 0.0555 e. The van der Waals surface area contributed by atoms with E-state index in [1.54, 1.807) is 0 Å². The van der Waals surface area contributed by atoms with E-state index in [0.29, 0.717) is 12.0 Å². The van der Waals surface area contributed by atoms with Crippen molar-refractivity contribution in [3.05, 3.63) is 35.5 Å². The van der Waals surface area contributed by atoms with Gasteiger partial charge in [-0.3, -0.25) is 4.90 Å². The molecule has 4 nitrogen and oxygen atoms in total. The molecular formula is C19H26N2O2. The summed E-state index contributed by atoms with van der Waals surface area (Å²) in [4.78, 5) is 6.19. The Morgan fingerprint density at radius 3 is 2.96 bits per heavy atom. The van der Waals surface area contributed by atoms with Gasteiger partial charge in [0, 0.05) is 42.2 Å². The van der Waals surface area contributed by atoms with Gasteiger partial charge < -0.3 is 15.2 Å². The predicted octanol–water partition coefficient (Wildman–Crippen LogP) is 2.47. The van der Waals surface area contributed by atoms with E-state index in [-0.39, 0.29) is 18.6 Å². The van der Waals surface area contributed by atoms with E-state index >= 15 is 0 Å². The van der Waals surface area contributed by atoms with Crippen molar-refractivity contribution in [2.45, 2.75) is 38.3 Å². The second-order valence-electron chi connectivity index (χ2n) is 7.24. The van der Waals surface area contributed by atoms with Crippen LogP contribution >= 0.6 is 0 Å². The molecule has 1 fully saturated rings. The van der Waals surface area contributed by atoms with Crippen LogP contribution in [0.1, 0.15) is 37.1 Å². The number of fused-ring (bicyclic) bond motifs is 5. The normalized spacial score (nSPS) is 29.3. The molecule has 2 aliphatic rings. The van der Waals surface area contributed by atoms with Gasteiger partial charge >= 0.3 is 0 Å². The zero-order valence-corrected chi connectivity index (χ0v) is 13.7. The minimum absolute atomic E-state index is 0.208. The van der Waals surface area contributed by atoms with E-state index < -0.39 is 0 Å². The number of aliphatic hydroxyl groups excluding tert-OH is 2. The average molecular weight is 314 g/mol. The number of hydrogen-bond acceptors (Lipinski definition) is 3. The molecule has 0 saturated carbocycles. The Hall–Kier alpha value is -1.36. The number of aromatic nitrogens is 1. The molecule has 23 heavy (non-hydrogen) atoms. The first-order valence-electron chi connectivity index (χ1n) is 8.81. The van der Waals surface area contributed by atoms with E-state index in [2.05, 4.69) is 34.1 Å². The number of nitrogens with one attached hydrogen (secondary N) is 1. The lowest BCUT2D eigenvalue weighted by Crippen LogP contribution is -2.49. The molecule has 0 bridgehead atoms. The van der Waals surface area contributed by atoms with Gasteiger partial charge in [-0.1, -0.05) is 18.2 Å². The number of rotatable bonds is 3. The summed E-state index contributed by atoms with van der Waals surface area (Å²) in [5.74, 6) is 0.656.